The van der Waals surface area contributed by atoms with Crippen LogP contribution >= 0.6 is 0 Å². The lowest BCUT2D eigenvalue weighted by atomic mass is 10.2. The van der Waals surface area contributed by atoms with Crippen LogP contribution in [0.3, 0.4) is 0 Å². The minimum absolute atomic E-state index is 0.171. The zero-order valence-corrected chi connectivity index (χ0v) is 13.0. The molecule has 1 aliphatic heterocycles. The average molecular weight is 296 g/mol. The summed E-state index contributed by atoms with van der Waals surface area (Å²) in [5.74, 6) is 2.43. The monoisotopic (exact) mass is 296 g/mol. The van der Waals surface area contributed by atoms with E-state index < -0.39 is 0 Å². The molecule has 1 aromatic carbocycles. The third-order valence-corrected chi connectivity index (χ3v) is 4.72. The van der Waals surface area contributed by atoms with Gasteiger partial charge in [0.1, 0.15) is 0 Å². The van der Waals surface area contributed by atoms with Crippen LogP contribution in [0.4, 0.5) is 11.6 Å². The molecule has 0 bridgehead atoms. The highest BCUT2D eigenvalue weighted by Gasteiger charge is 2.43. The van der Waals surface area contributed by atoms with Gasteiger partial charge in [-0.3, -0.25) is 9.69 Å². The minimum atomic E-state index is 0.171. The average Bonchev–Trinajstić information content (AvgIpc) is 3.28. The first-order valence-corrected chi connectivity index (χ1v) is 7.94. The van der Waals surface area contributed by atoms with E-state index in [1.807, 2.05) is 36.2 Å². The predicted molar refractivity (Wildman–Crippen MR) is 87.0 cm³/mol. The van der Waals surface area contributed by atoms with E-state index in [0.29, 0.717) is 5.92 Å². The fourth-order valence-corrected chi connectivity index (χ4v) is 3.18. The molecule has 0 spiro atoms. The van der Waals surface area contributed by atoms with E-state index in [9.17, 15) is 4.79 Å². The first-order chi connectivity index (χ1) is 10.6. The van der Waals surface area contributed by atoms with Gasteiger partial charge in [0.15, 0.2) is 11.6 Å². The topological polar surface area (TPSA) is 49.3 Å². The Morgan fingerprint density at radius 2 is 1.77 bits per heavy atom. The maximum Gasteiger partial charge on any atom is 0.231 e. The van der Waals surface area contributed by atoms with Gasteiger partial charge in [0.25, 0.3) is 0 Å². The zero-order chi connectivity index (χ0) is 15.3. The third-order valence-electron chi connectivity index (χ3n) is 4.72. The molecular formula is C17H20N4O. The summed E-state index contributed by atoms with van der Waals surface area (Å²) in [4.78, 5) is 26.3. The highest BCUT2D eigenvalue weighted by molar-refractivity contribution is 5.99. The molecule has 1 fully saturated rings. The van der Waals surface area contributed by atoms with E-state index in [1.54, 1.807) is 0 Å². The summed E-state index contributed by atoms with van der Waals surface area (Å²) in [6, 6.07) is 7.85. The maximum absolute atomic E-state index is 12.8. The largest absolute Gasteiger partial charge is 0.357 e. The molecule has 0 unspecified atom stereocenters. The van der Waals surface area contributed by atoms with Crippen LogP contribution in [0.15, 0.2) is 24.3 Å². The summed E-state index contributed by atoms with van der Waals surface area (Å²) >= 11 is 0. The second kappa shape index (κ2) is 4.93. The van der Waals surface area contributed by atoms with Crippen molar-refractivity contribution in [3.05, 3.63) is 24.3 Å². The molecule has 0 N–H and O–H groups in total. The van der Waals surface area contributed by atoms with Gasteiger partial charge >= 0.3 is 0 Å². The fraction of sp³-hybridized carbons (Fsp3) is 0.471. The van der Waals surface area contributed by atoms with Gasteiger partial charge in [-0.25, -0.2) is 9.97 Å². The van der Waals surface area contributed by atoms with Crippen LogP contribution in [0.5, 0.6) is 0 Å². The van der Waals surface area contributed by atoms with Crippen LogP contribution in [-0.4, -0.2) is 36.0 Å². The lowest BCUT2D eigenvalue weighted by Crippen LogP contribution is -2.34. The number of amides is 1. The Morgan fingerprint density at radius 3 is 2.41 bits per heavy atom. The molecule has 114 valence electrons. The number of hydrogen-bond donors (Lipinski definition) is 0. The quantitative estimate of drug-likeness (QED) is 0.811. The highest BCUT2D eigenvalue weighted by Crippen LogP contribution is 2.41. The lowest BCUT2D eigenvalue weighted by molar-refractivity contribution is -0.120. The Bertz CT molecular complexity index is 745. The second-order valence-electron chi connectivity index (χ2n) is 6.44. The molecule has 2 heterocycles. The molecule has 2 aromatic rings. The number of para-hydroxylation sites is 2. The number of fused-ring (bicyclic) bond motifs is 2. The van der Waals surface area contributed by atoms with Crippen molar-refractivity contribution in [2.45, 2.75) is 19.8 Å². The normalized spacial score (nSPS) is 24.1. The number of nitrogens with zero attached hydrogens (tertiary/aromatic N) is 4. The number of benzene rings is 1. The molecule has 4 rings (SSSR count). The molecule has 5 nitrogen and oxygen atoms in total. The van der Waals surface area contributed by atoms with Gasteiger partial charge in [-0.2, -0.15) is 0 Å². The maximum atomic E-state index is 12.8. The van der Waals surface area contributed by atoms with Crippen LogP contribution in [0.25, 0.3) is 11.0 Å². The molecule has 5 heteroatoms. The standard InChI is InChI=1S/C17H20N4O/c1-11-10-12(11)17(22)21-9-5-8-20(2)15-16(21)19-14-7-4-3-6-13(14)18-15/h3-4,6-7,11-12H,5,8-10H2,1-2H3/t11-,12+/m0/s1. The zero-order valence-electron chi connectivity index (χ0n) is 13.0. The molecule has 22 heavy (non-hydrogen) atoms. The Labute approximate surface area is 130 Å². The number of anilines is 2. The molecule has 0 radical (unpaired) electrons. The molecule has 1 saturated carbocycles. The van der Waals surface area contributed by atoms with Gasteiger partial charge < -0.3 is 4.90 Å². The molecule has 0 saturated heterocycles. The highest BCUT2D eigenvalue weighted by atomic mass is 16.2. The minimum Gasteiger partial charge on any atom is -0.357 e. The van der Waals surface area contributed by atoms with Gasteiger partial charge in [-0.05, 0) is 30.9 Å². The fourth-order valence-electron chi connectivity index (χ4n) is 3.18. The van der Waals surface area contributed by atoms with Crippen LogP contribution in [0.2, 0.25) is 0 Å². The molecule has 1 aromatic heterocycles. The van der Waals surface area contributed by atoms with Crippen LogP contribution in [0, 0.1) is 11.8 Å². The summed E-state index contributed by atoms with van der Waals surface area (Å²) in [7, 11) is 2.02. The predicted octanol–water partition coefficient (Wildman–Crippen LogP) is 2.46. The summed E-state index contributed by atoms with van der Waals surface area (Å²) in [6.07, 6.45) is 1.94. The lowest BCUT2D eigenvalue weighted by Gasteiger charge is -2.23. The Hall–Kier alpha value is -2.17. The SMILES string of the molecule is C[C@H]1C[C@H]1C(=O)N1CCCN(C)c2nc3ccccc3nc21. The van der Waals surface area contributed by atoms with Gasteiger partial charge in [-0.1, -0.05) is 19.1 Å². The molecule has 2 aliphatic rings. The number of hydrogen-bond acceptors (Lipinski definition) is 4. The van der Waals surface area contributed by atoms with E-state index in [-0.39, 0.29) is 11.8 Å². The number of carbonyl (C=O) groups excluding carboxylic acids is 1. The summed E-state index contributed by atoms with van der Waals surface area (Å²) in [5, 5.41) is 0. The van der Waals surface area contributed by atoms with Crippen molar-refractivity contribution in [1.82, 2.24) is 9.97 Å². The van der Waals surface area contributed by atoms with Crippen molar-refractivity contribution >= 4 is 28.6 Å². The van der Waals surface area contributed by atoms with Gasteiger partial charge in [0, 0.05) is 26.1 Å². The molecule has 1 aliphatic carbocycles. The van der Waals surface area contributed by atoms with Crippen molar-refractivity contribution in [2.24, 2.45) is 11.8 Å². The van der Waals surface area contributed by atoms with Crippen molar-refractivity contribution in [3.8, 4) is 0 Å². The van der Waals surface area contributed by atoms with E-state index in [2.05, 4.69) is 11.8 Å². The Kier molecular flexibility index (Phi) is 3.03. The van der Waals surface area contributed by atoms with Crippen LogP contribution in [-0.2, 0) is 4.79 Å². The molecule has 1 amide bonds. The summed E-state index contributed by atoms with van der Waals surface area (Å²) in [6.45, 7) is 3.76. The van der Waals surface area contributed by atoms with Gasteiger partial charge in [-0.15, -0.1) is 0 Å². The number of aromatic nitrogens is 2. The first-order valence-electron chi connectivity index (χ1n) is 7.94. The summed E-state index contributed by atoms with van der Waals surface area (Å²) in [5.41, 5.74) is 1.72. The summed E-state index contributed by atoms with van der Waals surface area (Å²) < 4.78 is 0. The molecule has 2 atom stereocenters. The van der Waals surface area contributed by atoms with E-state index >= 15 is 0 Å². The van der Waals surface area contributed by atoms with Crippen LogP contribution in [0.1, 0.15) is 19.8 Å². The number of rotatable bonds is 1. The van der Waals surface area contributed by atoms with E-state index in [1.165, 1.54) is 0 Å². The van der Waals surface area contributed by atoms with Crippen molar-refractivity contribution in [2.75, 3.05) is 29.9 Å². The van der Waals surface area contributed by atoms with Gasteiger partial charge in [0.05, 0.1) is 11.0 Å². The number of carbonyl (C=O) groups is 1. The smallest absolute Gasteiger partial charge is 0.231 e. The van der Waals surface area contributed by atoms with Gasteiger partial charge in [0.2, 0.25) is 5.91 Å². The van der Waals surface area contributed by atoms with Crippen LogP contribution < -0.4 is 9.80 Å². The third kappa shape index (κ3) is 2.12. The van der Waals surface area contributed by atoms with E-state index in [0.717, 1.165) is 48.6 Å². The Morgan fingerprint density at radius 1 is 1.14 bits per heavy atom. The van der Waals surface area contributed by atoms with Crippen molar-refractivity contribution in [3.63, 3.8) is 0 Å². The Balaban J connectivity index is 1.84. The first kappa shape index (κ1) is 13.5. The van der Waals surface area contributed by atoms with Crippen molar-refractivity contribution < 1.29 is 4.79 Å². The molecular weight excluding hydrogens is 276 g/mol. The second-order valence-corrected chi connectivity index (χ2v) is 6.44. The van der Waals surface area contributed by atoms with E-state index in [4.69, 9.17) is 9.97 Å². The van der Waals surface area contributed by atoms with Crippen molar-refractivity contribution in [1.29, 1.82) is 0 Å².